The van der Waals surface area contributed by atoms with Crippen molar-refractivity contribution >= 4 is 17.7 Å². The minimum absolute atomic E-state index is 0.0164. The zero-order valence-corrected chi connectivity index (χ0v) is 12.3. The smallest absolute Gasteiger partial charge is 0.358 e. The molecule has 0 fully saturated rings. The van der Waals surface area contributed by atoms with E-state index in [0.717, 1.165) is 6.42 Å². The summed E-state index contributed by atoms with van der Waals surface area (Å²) in [4.78, 5) is 34.6. The first-order chi connectivity index (χ1) is 9.49. The molecule has 1 rings (SSSR count). The van der Waals surface area contributed by atoms with Crippen molar-refractivity contribution in [2.75, 3.05) is 39.2 Å². The van der Waals surface area contributed by atoms with Crippen molar-refractivity contribution in [3.63, 3.8) is 0 Å². The summed E-state index contributed by atoms with van der Waals surface area (Å²) in [5.41, 5.74) is 0.145. The molecule has 1 amide bonds. The molecule has 0 atom stereocenters. The minimum Gasteiger partial charge on any atom is -0.464 e. The summed E-state index contributed by atoms with van der Waals surface area (Å²) < 4.78 is 4.56. The molecular formula is C13H20N4O3. The number of hydrogen-bond donors (Lipinski definition) is 0. The third kappa shape index (κ3) is 4.18. The van der Waals surface area contributed by atoms with E-state index in [4.69, 9.17) is 0 Å². The first-order valence-electron chi connectivity index (χ1n) is 6.35. The molecule has 0 unspecified atom stereocenters. The van der Waals surface area contributed by atoms with Crippen LogP contribution in [-0.4, -0.2) is 61.0 Å². The summed E-state index contributed by atoms with van der Waals surface area (Å²) in [5.74, 6) is 0.0162. The molecular weight excluding hydrogens is 260 g/mol. The molecule has 7 nitrogen and oxygen atoms in total. The maximum absolute atomic E-state index is 11.8. The molecule has 0 saturated heterocycles. The van der Waals surface area contributed by atoms with Gasteiger partial charge in [0.15, 0.2) is 5.69 Å². The molecule has 0 saturated carbocycles. The highest BCUT2D eigenvalue weighted by Gasteiger charge is 2.15. The van der Waals surface area contributed by atoms with Crippen LogP contribution >= 0.6 is 0 Å². The molecule has 0 radical (unpaired) electrons. The third-order valence-electron chi connectivity index (χ3n) is 2.68. The number of amides is 1. The second-order valence-electron chi connectivity index (χ2n) is 4.46. The van der Waals surface area contributed by atoms with Crippen LogP contribution in [-0.2, 0) is 9.53 Å². The molecule has 1 heterocycles. The number of nitrogens with zero attached hydrogens (tertiary/aromatic N) is 4. The van der Waals surface area contributed by atoms with Crippen LogP contribution in [0.5, 0.6) is 0 Å². The zero-order valence-electron chi connectivity index (χ0n) is 12.3. The molecule has 0 aliphatic heterocycles. The lowest BCUT2D eigenvalue weighted by Gasteiger charge is -2.23. The van der Waals surface area contributed by atoms with Gasteiger partial charge >= 0.3 is 5.97 Å². The number of ether oxygens (including phenoxy) is 1. The van der Waals surface area contributed by atoms with E-state index in [-0.39, 0.29) is 18.1 Å². The van der Waals surface area contributed by atoms with Gasteiger partial charge in [0.25, 0.3) is 0 Å². The van der Waals surface area contributed by atoms with Crippen molar-refractivity contribution in [1.29, 1.82) is 0 Å². The molecule has 0 bridgehead atoms. The molecule has 110 valence electrons. The molecule has 0 N–H and O–H groups in total. The van der Waals surface area contributed by atoms with Gasteiger partial charge in [0.05, 0.1) is 26.0 Å². The van der Waals surface area contributed by atoms with Crippen LogP contribution in [0.15, 0.2) is 12.4 Å². The highest BCUT2D eigenvalue weighted by molar-refractivity contribution is 5.86. The SMILES string of the molecule is CCCN(CC(=O)N(C)C)c1cnc(C(=O)OC)cn1. The number of anilines is 1. The van der Waals surface area contributed by atoms with E-state index in [9.17, 15) is 9.59 Å². The Morgan fingerprint density at radius 3 is 2.40 bits per heavy atom. The predicted molar refractivity (Wildman–Crippen MR) is 74.6 cm³/mol. The van der Waals surface area contributed by atoms with Gasteiger partial charge in [-0.05, 0) is 6.42 Å². The molecule has 20 heavy (non-hydrogen) atoms. The van der Waals surface area contributed by atoms with Gasteiger partial charge in [-0.3, -0.25) is 4.79 Å². The molecule has 7 heteroatoms. The highest BCUT2D eigenvalue weighted by atomic mass is 16.5. The normalized spacial score (nSPS) is 10.0. The van der Waals surface area contributed by atoms with E-state index in [0.29, 0.717) is 12.4 Å². The number of aromatic nitrogens is 2. The van der Waals surface area contributed by atoms with Crippen LogP contribution in [0.3, 0.4) is 0 Å². The first kappa shape index (κ1) is 15.9. The summed E-state index contributed by atoms with van der Waals surface area (Å²) in [6.07, 6.45) is 3.70. The number of rotatable bonds is 6. The number of carbonyl (C=O) groups is 2. The van der Waals surface area contributed by atoms with Gasteiger partial charge < -0.3 is 14.5 Å². The van der Waals surface area contributed by atoms with Gasteiger partial charge in [-0.15, -0.1) is 0 Å². The van der Waals surface area contributed by atoms with E-state index in [1.54, 1.807) is 14.1 Å². The number of carbonyl (C=O) groups excluding carboxylic acids is 2. The molecule has 0 aromatic carbocycles. The average molecular weight is 280 g/mol. The van der Waals surface area contributed by atoms with Gasteiger partial charge in [0.2, 0.25) is 5.91 Å². The first-order valence-corrected chi connectivity index (χ1v) is 6.35. The number of methoxy groups -OCH3 is 1. The maximum Gasteiger partial charge on any atom is 0.358 e. The summed E-state index contributed by atoms with van der Waals surface area (Å²) in [7, 11) is 4.70. The number of hydrogen-bond acceptors (Lipinski definition) is 6. The van der Waals surface area contributed by atoms with Crippen LogP contribution in [0.4, 0.5) is 5.82 Å². The Morgan fingerprint density at radius 2 is 1.95 bits per heavy atom. The Morgan fingerprint density at radius 1 is 1.25 bits per heavy atom. The number of likely N-dealkylation sites (N-methyl/N-ethyl adjacent to an activating group) is 1. The fourth-order valence-electron chi connectivity index (χ4n) is 1.54. The van der Waals surface area contributed by atoms with Crippen LogP contribution in [0.25, 0.3) is 0 Å². The van der Waals surface area contributed by atoms with E-state index >= 15 is 0 Å². The quantitative estimate of drug-likeness (QED) is 0.709. The van der Waals surface area contributed by atoms with Gasteiger partial charge in [-0.25, -0.2) is 14.8 Å². The van der Waals surface area contributed by atoms with Crippen molar-refractivity contribution in [3.8, 4) is 0 Å². The van der Waals surface area contributed by atoms with Crippen LogP contribution in [0, 0.1) is 0 Å². The van der Waals surface area contributed by atoms with E-state index in [1.807, 2.05) is 11.8 Å². The van der Waals surface area contributed by atoms with Gasteiger partial charge in [-0.2, -0.15) is 0 Å². The fourth-order valence-corrected chi connectivity index (χ4v) is 1.54. The average Bonchev–Trinajstić information content (AvgIpc) is 2.46. The monoisotopic (exact) mass is 280 g/mol. The van der Waals surface area contributed by atoms with Gasteiger partial charge in [0.1, 0.15) is 5.82 Å². The summed E-state index contributed by atoms with van der Waals surface area (Å²) in [6.45, 7) is 2.93. The van der Waals surface area contributed by atoms with E-state index in [1.165, 1.54) is 24.4 Å². The van der Waals surface area contributed by atoms with Crippen LogP contribution in [0.2, 0.25) is 0 Å². The second kappa shape index (κ2) is 7.42. The topological polar surface area (TPSA) is 75.6 Å². The molecule has 0 aliphatic rings. The Kier molecular flexibility index (Phi) is 5.89. The number of esters is 1. The van der Waals surface area contributed by atoms with Crippen molar-refractivity contribution in [2.24, 2.45) is 0 Å². The Bertz CT molecular complexity index is 459. The maximum atomic E-state index is 11.8. The molecule has 1 aromatic heterocycles. The Hall–Kier alpha value is -2.18. The van der Waals surface area contributed by atoms with Crippen molar-refractivity contribution < 1.29 is 14.3 Å². The third-order valence-corrected chi connectivity index (χ3v) is 2.68. The predicted octanol–water partition coefficient (Wildman–Crippen LogP) is 0.568. The zero-order chi connectivity index (χ0) is 15.1. The Balaban J connectivity index is 2.86. The van der Waals surface area contributed by atoms with Gasteiger partial charge in [0, 0.05) is 20.6 Å². The minimum atomic E-state index is -0.532. The lowest BCUT2D eigenvalue weighted by molar-refractivity contribution is -0.127. The van der Waals surface area contributed by atoms with Crippen molar-refractivity contribution in [2.45, 2.75) is 13.3 Å². The molecule has 0 aliphatic carbocycles. The fraction of sp³-hybridized carbons (Fsp3) is 0.538. The standard InChI is InChI=1S/C13H20N4O3/c1-5-6-17(9-12(18)16(2)3)11-8-14-10(7-15-11)13(19)20-4/h7-8H,5-6,9H2,1-4H3. The molecule has 0 spiro atoms. The Labute approximate surface area is 118 Å². The van der Waals surface area contributed by atoms with Crippen molar-refractivity contribution in [3.05, 3.63) is 18.1 Å². The lowest BCUT2D eigenvalue weighted by Crippen LogP contribution is -2.37. The summed E-state index contributed by atoms with van der Waals surface area (Å²) in [5, 5.41) is 0. The summed E-state index contributed by atoms with van der Waals surface area (Å²) in [6, 6.07) is 0. The lowest BCUT2D eigenvalue weighted by atomic mass is 10.3. The van der Waals surface area contributed by atoms with E-state index in [2.05, 4.69) is 14.7 Å². The second-order valence-corrected chi connectivity index (χ2v) is 4.46. The highest BCUT2D eigenvalue weighted by Crippen LogP contribution is 2.10. The van der Waals surface area contributed by atoms with Crippen molar-refractivity contribution in [1.82, 2.24) is 14.9 Å². The van der Waals surface area contributed by atoms with Gasteiger partial charge in [-0.1, -0.05) is 6.92 Å². The summed E-state index contributed by atoms with van der Waals surface area (Å²) >= 11 is 0. The van der Waals surface area contributed by atoms with Crippen LogP contribution < -0.4 is 4.90 Å². The largest absolute Gasteiger partial charge is 0.464 e. The van der Waals surface area contributed by atoms with Crippen LogP contribution in [0.1, 0.15) is 23.8 Å². The van der Waals surface area contributed by atoms with E-state index < -0.39 is 5.97 Å². The molecule has 1 aromatic rings.